The van der Waals surface area contributed by atoms with E-state index >= 15 is 0 Å². The van der Waals surface area contributed by atoms with Crippen molar-refractivity contribution in [3.05, 3.63) is 54.1 Å². The van der Waals surface area contributed by atoms with E-state index in [1.165, 1.54) is 6.07 Å². The Balaban J connectivity index is 2.23. The molecule has 0 aliphatic carbocycles. The van der Waals surface area contributed by atoms with Gasteiger partial charge in [-0.15, -0.1) is 0 Å². The number of hydrogen-bond donors (Lipinski definition) is 1. The molecule has 4 heteroatoms. The zero-order valence-electron chi connectivity index (χ0n) is 12.8. The van der Waals surface area contributed by atoms with Gasteiger partial charge < -0.3 is 10.2 Å². The van der Waals surface area contributed by atoms with E-state index in [9.17, 15) is 4.39 Å². The number of aromatic nitrogens is 1. The highest BCUT2D eigenvalue weighted by Crippen LogP contribution is 2.25. The van der Waals surface area contributed by atoms with E-state index in [1.54, 1.807) is 12.1 Å². The molecule has 1 N–H and O–H groups in total. The molecule has 0 amide bonds. The van der Waals surface area contributed by atoms with Gasteiger partial charge in [-0.05, 0) is 50.7 Å². The minimum absolute atomic E-state index is 0.226. The largest absolute Gasteiger partial charge is 0.340 e. The van der Waals surface area contributed by atoms with Crippen molar-refractivity contribution in [1.82, 2.24) is 10.3 Å². The Morgan fingerprint density at radius 1 is 1.19 bits per heavy atom. The van der Waals surface area contributed by atoms with Crippen LogP contribution in [0.5, 0.6) is 0 Å². The van der Waals surface area contributed by atoms with E-state index in [-0.39, 0.29) is 11.9 Å². The highest BCUT2D eigenvalue weighted by molar-refractivity contribution is 5.62. The lowest BCUT2D eigenvalue weighted by molar-refractivity contribution is 0.583. The van der Waals surface area contributed by atoms with Crippen molar-refractivity contribution in [2.75, 3.05) is 18.0 Å². The number of nitrogens with zero attached hydrogens (tertiary/aromatic N) is 2. The summed E-state index contributed by atoms with van der Waals surface area (Å²) in [6.07, 6.45) is 1.84. The van der Waals surface area contributed by atoms with Crippen LogP contribution in [0.4, 0.5) is 15.8 Å². The van der Waals surface area contributed by atoms with Crippen molar-refractivity contribution in [1.29, 1.82) is 0 Å². The first-order valence-electron chi connectivity index (χ1n) is 7.38. The maximum Gasteiger partial charge on any atom is 0.125 e. The van der Waals surface area contributed by atoms with Crippen LogP contribution in [0.3, 0.4) is 0 Å². The van der Waals surface area contributed by atoms with Crippen LogP contribution in [-0.4, -0.2) is 18.1 Å². The molecule has 0 aliphatic rings. The third-order valence-corrected chi connectivity index (χ3v) is 3.47. The number of benzene rings is 1. The predicted octanol–water partition coefficient (Wildman–Crippen LogP) is 4.05. The smallest absolute Gasteiger partial charge is 0.125 e. The summed E-state index contributed by atoms with van der Waals surface area (Å²) in [5.74, 6) is -0.226. The van der Waals surface area contributed by atoms with E-state index in [0.717, 1.165) is 30.2 Å². The summed E-state index contributed by atoms with van der Waals surface area (Å²) in [4.78, 5) is 6.56. The van der Waals surface area contributed by atoms with Gasteiger partial charge in [-0.25, -0.2) is 4.39 Å². The molecule has 0 aliphatic heterocycles. The topological polar surface area (TPSA) is 28.2 Å². The number of rotatable bonds is 6. The zero-order valence-corrected chi connectivity index (χ0v) is 12.8. The molecule has 2 aromatic rings. The van der Waals surface area contributed by atoms with Crippen LogP contribution in [0.2, 0.25) is 0 Å². The number of nitrogens with one attached hydrogen (secondary N) is 1. The van der Waals surface area contributed by atoms with Crippen LogP contribution >= 0.6 is 0 Å². The lowest BCUT2D eigenvalue weighted by Gasteiger charge is -2.23. The van der Waals surface area contributed by atoms with E-state index in [2.05, 4.69) is 24.1 Å². The van der Waals surface area contributed by atoms with Gasteiger partial charge in [-0.1, -0.05) is 13.0 Å². The van der Waals surface area contributed by atoms with Crippen LogP contribution in [0, 0.1) is 5.82 Å². The zero-order chi connectivity index (χ0) is 15.2. The van der Waals surface area contributed by atoms with E-state index in [0.29, 0.717) is 0 Å². The van der Waals surface area contributed by atoms with Crippen molar-refractivity contribution in [2.24, 2.45) is 0 Å². The lowest BCUT2D eigenvalue weighted by atomic mass is 10.2. The molecule has 3 nitrogen and oxygen atoms in total. The molecule has 0 saturated heterocycles. The first kappa shape index (κ1) is 15.4. The molecule has 0 spiro atoms. The van der Waals surface area contributed by atoms with Crippen LogP contribution in [0.1, 0.15) is 32.5 Å². The van der Waals surface area contributed by atoms with Gasteiger partial charge >= 0.3 is 0 Å². The predicted molar refractivity (Wildman–Crippen MR) is 85.4 cm³/mol. The van der Waals surface area contributed by atoms with Crippen molar-refractivity contribution in [3.63, 3.8) is 0 Å². The van der Waals surface area contributed by atoms with Crippen LogP contribution < -0.4 is 10.2 Å². The summed E-state index contributed by atoms with van der Waals surface area (Å²) in [6.45, 7) is 7.88. The highest BCUT2D eigenvalue weighted by atomic mass is 19.1. The quantitative estimate of drug-likeness (QED) is 0.868. The molecule has 1 aromatic heterocycles. The van der Waals surface area contributed by atoms with Crippen LogP contribution in [0.15, 0.2) is 42.6 Å². The molecule has 0 saturated carbocycles. The molecule has 0 radical (unpaired) electrons. The Bertz CT molecular complexity index is 569. The second-order valence-electron chi connectivity index (χ2n) is 4.94. The second-order valence-corrected chi connectivity index (χ2v) is 4.94. The fourth-order valence-corrected chi connectivity index (χ4v) is 2.38. The lowest BCUT2D eigenvalue weighted by Crippen LogP contribution is -2.20. The molecule has 1 atom stereocenters. The summed E-state index contributed by atoms with van der Waals surface area (Å²) < 4.78 is 13.4. The van der Waals surface area contributed by atoms with Gasteiger partial charge in [-0.3, -0.25) is 4.98 Å². The van der Waals surface area contributed by atoms with E-state index < -0.39 is 0 Å². The van der Waals surface area contributed by atoms with Gasteiger partial charge in [0.1, 0.15) is 5.82 Å². The summed E-state index contributed by atoms with van der Waals surface area (Å²) in [7, 11) is 0. The van der Waals surface area contributed by atoms with Gasteiger partial charge in [0.05, 0.1) is 17.6 Å². The summed E-state index contributed by atoms with van der Waals surface area (Å²) >= 11 is 0. The second kappa shape index (κ2) is 7.18. The maximum absolute atomic E-state index is 13.4. The van der Waals surface area contributed by atoms with Crippen molar-refractivity contribution >= 4 is 11.4 Å². The Hall–Kier alpha value is -1.94. The fraction of sp³-hybridized carbons (Fsp3) is 0.353. The Morgan fingerprint density at radius 3 is 2.57 bits per heavy atom. The highest BCUT2D eigenvalue weighted by Gasteiger charge is 2.10. The summed E-state index contributed by atoms with van der Waals surface area (Å²) in [6, 6.07) is 10.9. The monoisotopic (exact) mass is 287 g/mol. The maximum atomic E-state index is 13.4. The Morgan fingerprint density at radius 2 is 2.00 bits per heavy atom. The molecular weight excluding hydrogens is 265 g/mol. The molecule has 1 unspecified atom stereocenters. The molecule has 0 fully saturated rings. The van der Waals surface area contributed by atoms with Gasteiger partial charge in [-0.2, -0.15) is 0 Å². The van der Waals surface area contributed by atoms with Gasteiger partial charge in [0.15, 0.2) is 0 Å². The van der Waals surface area contributed by atoms with Gasteiger partial charge in [0.25, 0.3) is 0 Å². The first-order valence-corrected chi connectivity index (χ1v) is 7.38. The molecular formula is C17H22FN3. The fourth-order valence-electron chi connectivity index (χ4n) is 2.38. The van der Waals surface area contributed by atoms with Crippen LogP contribution in [0.25, 0.3) is 0 Å². The van der Waals surface area contributed by atoms with Crippen LogP contribution in [-0.2, 0) is 0 Å². The first-order chi connectivity index (χ1) is 10.2. The van der Waals surface area contributed by atoms with Crippen molar-refractivity contribution in [2.45, 2.75) is 26.8 Å². The molecule has 2 rings (SSSR count). The van der Waals surface area contributed by atoms with Crippen molar-refractivity contribution < 1.29 is 4.39 Å². The number of halogens is 1. The SMILES string of the molecule is CCNC(C)c1ccc(N(CC)c2cccc(F)c2)cn1. The molecule has 0 bridgehead atoms. The minimum Gasteiger partial charge on any atom is -0.340 e. The van der Waals surface area contributed by atoms with Crippen molar-refractivity contribution in [3.8, 4) is 0 Å². The molecule has 112 valence electrons. The standard InChI is InChI=1S/C17H22FN3/c1-4-19-13(3)17-10-9-16(12-20-17)21(5-2)15-8-6-7-14(18)11-15/h6-13,19H,4-5H2,1-3H3. The molecule has 21 heavy (non-hydrogen) atoms. The Labute approximate surface area is 125 Å². The number of hydrogen-bond acceptors (Lipinski definition) is 3. The third kappa shape index (κ3) is 3.79. The molecule has 1 heterocycles. The summed E-state index contributed by atoms with van der Waals surface area (Å²) in [5.41, 5.74) is 2.82. The average Bonchev–Trinajstić information content (AvgIpc) is 2.49. The normalized spacial score (nSPS) is 12.2. The average molecular weight is 287 g/mol. The Kier molecular flexibility index (Phi) is 5.28. The van der Waals surface area contributed by atoms with Gasteiger partial charge in [0.2, 0.25) is 0 Å². The number of pyridine rings is 1. The third-order valence-electron chi connectivity index (χ3n) is 3.47. The van der Waals surface area contributed by atoms with Gasteiger partial charge in [0, 0.05) is 18.3 Å². The minimum atomic E-state index is -0.226. The summed E-state index contributed by atoms with van der Waals surface area (Å²) in [5, 5.41) is 3.34. The van der Waals surface area contributed by atoms with E-state index in [4.69, 9.17) is 0 Å². The van der Waals surface area contributed by atoms with E-state index in [1.807, 2.05) is 36.2 Å². The number of anilines is 2. The molecule has 1 aromatic carbocycles.